The fourth-order valence-electron chi connectivity index (χ4n) is 7.91. The van der Waals surface area contributed by atoms with Gasteiger partial charge in [0.25, 0.3) is 0 Å². The van der Waals surface area contributed by atoms with Crippen molar-refractivity contribution in [2.75, 3.05) is 51.0 Å². The van der Waals surface area contributed by atoms with Crippen molar-refractivity contribution < 1.29 is 13.9 Å². The minimum atomic E-state index is -0.173. The van der Waals surface area contributed by atoms with E-state index in [2.05, 4.69) is 16.7 Å². The van der Waals surface area contributed by atoms with Crippen LogP contribution in [0.2, 0.25) is 0 Å². The lowest BCUT2D eigenvalue weighted by Crippen LogP contribution is -2.56. The molecule has 1 aliphatic heterocycles. The van der Waals surface area contributed by atoms with Crippen LogP contribution in [0.15, 0.2) is 36.4 Å². The number of halogens is 1. The van der Waals surface area contributed by atoms with Gasteiger partial charge in [0.15, 0.2) is 11.5 Å². The lowest BCUT2D eigenvalue weighted by Gasteiger charge is -2.45. The third-order valence-electron chi connectivity index (χ3n) is 11.2. The largest absolute Gasteiger partial charge is 0.493 e. The van der Waals surface area contributed by atoms with Crippen molar-refractivity contribution >= 4 is 22.7 Å². The first kappa shape index (κ1) is 31.8. The highest BCUT2D eigenvalue weighted by atomic mass is 19.1. The molecular weight excluding hydrogens is 565 g/mol. The first-order valence-electron chi connectivity index (χ1n) is 17.4. The number of benzene rings is 2. The molecule has 3 saturated carbocycles. The highest BCUT2D eigenvalue weighted by Crippen LogP contribution is 2.49. The van der Waals surface area contributed by atoms with E-state index >= 15 is 0 Å². The minimum absolute atomic E-state index is 0.173. The molecule has 4 fully saturated rings. The fourth-order valence-corrected chi connectivity index (χ4v) is 7.91. The van der Waals surface area contributed by atoms with Crippen molar-refractivity contribution in [3.05, 3.63) is 47.8 Å². The van der Waals surface area contributed by atoms with Crippen LogP contribution in [0.4, 0.5) is 16.2 Å². The van der Waals surface area contributed by atoms with Crippen LogP contribution in [-0.2, 0) is 6.42 Å². The van der Waals surface area contributed by atoms with Crippen molar-refractivity contribution in [2.45, 2.75) is 83.6 Å². The number of fused-ring (bicyclic) bond motifs is 1. The van der Waals surface area contributed by atoms with E-state index in [-0.39, 0.29) is 5.82 Å². The standard InChI is InChI=1S/C33H44FN5O2.C4H8/c1-21-6-13-26(21)23-9-10-24(17-23)29-20-38(14-4-5-22-7-11-25(34)12-8-22)15-16-39(29)33-36-28-19-31(41-3)30(40-2)18-27(28)32(35)37-33;1-2-4-3-1/h7-8,11-12,18-19,21,23-24,26,29H,4-6,9-10,13-17,20H2,1-3H3,(H2,35,36,37);1-4H2. The summed E-state index contributed by atoms with van der Waals surface area (Å²) in [6.07, 6.45) is 14.7. The van der Waals surface area contributed by atoms with Gasteiger partial charge in [-0.3, -0.25) is 4.90 Å². The highest BCUT2D eigenvalue weighted by Gasteiger charge is 2.43. The van der Waals surface area contributed by atoms with Crippen molar-refractivity contribution in [1.29, 1.82) is 0 Å². The lowest BCUT2D eigenvalue weighted by atomic mass is 9.67. The summed E-state index contributed by atoms with van der Waals surface area (Å²) in [5.41, 5.74) is 8.50. The fraction of sp³-hybridized carbons (Fsp3) is 0.622. The molecule has 3 aliphatic carbocycles. The molecule has 0 bridgehead atoms. The lowest BCUT2D eigenvalue weighted by molar-refractivity contribution is 0.115. The van der Waals surface area contributed by atoms with Crippen LogP contribution in [-0.4, -0.2) is 61.3 Å². The van der Waals surface area contributed by atoms with E-state index in [0.717, 1.165) is 73.6 Å². The molecule has 0 spiro atoms. The van der Waals surface area contributed by atoms with Gasteiger partial charge in [0.05, 0.1) is 19.7 Å². The molecule has 1 saturated heterocycles. The Morgan fingerprint density at radius 1 is 0.889 bits per heavy atom. The molecular formula is C37H52FN5O2. The molecule has 5 atom stereocenters. The molecule has 4 aliphatic rings. The van der Waals surface area contributed by atoms with Gasteiger partial charge in [-0.25, -0.2) is 9.37 Å². The molecule has 244 valence electrons. The van der Waals surface area contributed by atoms with Crippen molar-refractivity contribution in [2.24, 2.45) is 23.7 Å². The van der Waals surface area contributed by atoms with Gasteiger partial charge >= 0.3 is 0 Å². The first-order chi connectivity index (χ1) is 21.9. The van der Waals surface area contributed by atoms with Gasteiger partial charge in [0.2, 0.25) is 5.95 Å². The van der Waals surface area contributed by atoms with Gasteiger partial charge in [-0.1, -0.05) is 51.2 Å². The topological polar surface area (TPSA) is 76.7 Å². The van der Waals surface area contributed by atoms with Crippen LogP contribution >= 0.6 is 0 Å². The second-order valence-corrected chi connectivity index (χ2v) is 13.9. The maximum atomic E-state index is 13.3. The molecule has 45 heavy (non-hydrogen) atoms. The molecule has 2 aromatic carbocycles. The molecule has 2 N–H and O–H groups in total. The molecule has 7 rings (SSSR count). The Balaban J connectivity index is 0.000000828. The van der Waals surface area contributed by atoms with Gasteiger partial charge in [-0.2, -0.15) is 4.98 Å². The number of nitrogen functional groups attached to an aromatic ring is 1. The summed E-state index contributed by atoms with van der Waals surface area (Å²) in [4.78, 5) is 15.0. The predicted octanol–water partition coefficient (Wildman–Crippen LogP) is 7.51. The minimum Gasteiger partial charge on any atom is -0.493 e. The maximum absolute atomic E-state index is 13.3. The Morgan fingerprint density at radius 3 is 2.24 bits per heavy atom. The van der Waals surface area contributed by atoms with Crippen molar-refractivity contribution in [3.63, 3.8) is 0 Å². The Bertz CT molecular complexity index is 1410. The summed E-state index contributed by atoms with van der Waals surface area (Å²) in [5, 5.41) is 0.780. The number of hydrogen-bond donors (Lipinski definition) is 1. The number of methoxy groups -OCH3 is 2. The molecule has 0 amide bonds. The van der Waals surface area contributed by atoms with E-state index in [1.165, 1.54) is 63.4 Å². The monoisotopic (exact) mass is 617 g/mol. The number of aromatic nitrogens is 2. The zero-order chi connectivity index (χ0) is 31.3. The quantitative estimate of drug-likeness (QED) is 0.266. The Hall–Kier alpha value is -3.13. The van der Waals surface area contributed by atoms with E-state index in [1.807, 2.05) is 24.3 Å². The maximum Gasteiger partial charge on any atom is 0.228 e. The number of hydrogen-bond acceptors (Lipinski definition) is 7. The van der Waals surface area contributed by atoms with Gasteiger partial charge in [0, 0.05) is 37.1 Å². The molecule has 5 unspecified atom stereocenters. The summed E-state index contributed by atoms with van der Waals surface area (Å²) in [6, 6.07) is 11.1. The summed E-state index contributed by atoms with van der Waals surface area (Å²) in [5.74, 6) is 5.53. The molecule has 0 radical (unpaired) electrons. The third-order valence-corrected chi connectivity index (χ3v) is 11.2. The summed E-state index contributed by atoms with van der Waals surface area (Å²) >= 11 is 0. The van der Waals surface area contributed by atoms with Gasteiger partial charge in [0.1, 0.15) is 11.6 Å². The first-order valence-corrected chi connectivity index (χ1v) is 17.4. The van der Waals surface area contributed by atoms with Gasteiger partial charge < -0.3 is 20.1 Å². The van der Waals surface area contributed by atoms with Crippen LogP contribution < -0.4 is 20.1 Å². The summed E-state index contributed by atoms with van der Waals surface area (Å²) in [6.45, 7) is 6.32. The van der Waals surface area contributed by atoms with E-state index in [9.17, 15) is 4.39 Å². The van der Waals surface area contributed by atoms with Crippen LogP contribution in [0, 0.1) is 29.5 Å². The molecule has 1 aromatic heterocycles. The average Bonchev–Trinajstić information content (AvgIpc) is 3.48. The summed E-state index contributed by atoms with van der Waals surface area (Å²) < 4.78 is 24.4. The second kappa shape index (κ2) is 14.5. The number of nitrogens with two attached hydrogens (primary N) is 1. The number of piperazine rings is 1. The van der Waals surface area contributed by atoms with Crippen molar-refractivity contribution in [1.82, 2.24) is 14.9 Å². The van der Waals surface area contributed by atoms with E-state index in [4.69, 9.17) is 25.2 Å². The smallest absolute Gasteiger partial charge is 0.228 e. The van der Waals surface area contributed by atoms with Gasteiger partial charge in [-0.05, 0) is 92.5 Å². The van der Waals surface area contributed by atoms with Crippen LogP contribution in [0.3, 0.4) is 0 Å². The molecule has 3 aromatic rings. The van der Waals surface area contributed by atoms with Crippen molar-refractivity contribution in [3.8, 4) is 11.5 Å². The van der Waals surface area contributed by atoms with Crippen LogP contribution in [0.5, 0.6) is 11.5 Å². The molecule has 8 heteroatoms. The van der Waals surface area contributed by atoms with E-state index < -0.39 is 0 Å². The Morgan fingerprint density at radius 2 is 1.60 bits per heavy atom. The SMILES string of the molecule is C1CCC1.COc1cc2nc(N3CCN(CCCc4ccc(F)cc4)CC3C3CCC(C4CCC4C)C3)nc(N)c2cc1OC. The Kier molecular flexibility index (Phi) is 10.3. The highest BCUT2D eigenvalue weighted by molar-refractivity contribution is 5.91. The molecule has 2 heterocycles. The van der Waals surface area contributed by atoms with E-state index in [1.54, 1.807) is 26.4 Å². The number of nitrogens with zero attached hydrogens (tertiary/aromatic N) is 4. The second-order valence-electron chi connectivity index (χ2n) is 13.9. The number of anilines is 2. The number of ether oxygens (including phenoxy) is 2. The number of aryl methyl sites for hydroxylation is 1. The molecule has 7 nitrogen and oxygen atoms in total. The normalized spacial score (nSPS) is 26.5. The number of rotatable bonds is 9. The Labute approximate surface area is 268 Å². The van der Waals surface area contributed by atoms with Crippen LogP contribution in [0.25, 0.3) is 10.9 Å². The average molecular weight is 618 g/mol. The zero-order valence-electron chi connectivity index (χ0n) is 27.5. The van der Waals surface area contributed by atoms with Crippen LogP contribution in [0.1, 0.15) is 76.7 Å². The third kappa shape index (κ3) is 7.32. The summed E-state index contributed by atoms with van der Waals surface area (Å²) in [7, 11) is 3.26. The van der Waals surface area contributed by atoms with E-state index in [0.29, 0.717) is 29.3 Å². The van der Waals surface area contributed by atoms with Gasteiger partial charge in [-0.15, -0.1) is 0 Å². The zero-order valence-corrected chi connectivity index (χ0v) is 27.5. The predicted molar refractivity (Wildman–Crippen MR) is 181 cm³/mol.